The van der Waals surface area contributed by atoms with Crippen molar-refractivity contribution in [1.29, 1.82) is 0 Å². The van der Waals surface area contributed by atoms with Crippen molar-refractivity contribution in [2.45, 2.75) is 0 Å². The molecule has 1 heterocycles. The second kappa shape index (κ2) is 13.4. The third-order valence-electron chi connectivity index (χ3n) is 11.2. The summed E-state index contributed by atoms with van der Waals surface area (Å²) in [6, 6.07) is 77.8. The predicted molar refractivity (Wildman–Crippen MR) is 243 cm³/mol. The number of thiophene rings is 1. The molecule has 0 aliphatic heterocycles. The smallest absolute Gasteiger partial charge is 0.0540 e. The van der Waals surface area contributed by atoms with Crippen LogP contribution >= 0.6 is 11.3 Å². The molecule has 262 valence electrons. The van der Waals surface area contributed by atoms with E-state index in [1.807, 2.05) is 11.3 Å². The summed E-state index contributed by atoms with van der Waals surface area (Å²) in [6.07, 6.45) is 0. The molecular formula is C54H35NS. The standard InChI is InChI=1S/C54H35NS/c1-3-19-42-36(14-1)16-12-25-43(42)38-17-11-18-41(34-38)55(40-32-30-37(31-33-40)45-26-13-29-53-54(45)49-24-8-10-28-52(49)56-53)51-27-9-7-23-48(51)50-35-39-15-2-4-20-44(39)46-21-5-6-22-47(46)50/h1-35H. The van der Waals surface area contributed by atoms with Gasteiger partial charge < -0.3 is 4.90 Å². The Bertz CT molecular complexity index is 3260. The summed E-state index contributed by atoms with van der Waals surface area (Å²) in [5, 5.41) is 10.2. The molecule has 0 saturated carbocycles. The van der Waals surface area contributed by atoms with Crippen LogP contribution in [0.1, 0.15) is 0 Å². The van der Waals surface area contributed by atoms with Crippen molar-refractivity contribution in [3.63, 3.8) is 0 Å². The lowest BCUT2D eigenvalue weighted by Gasteiger charge is -2.29. The van der Waals surface area contributed by atoms with E-state index in [1.54, 1.807) is 0 Å². The number of nitrogens with zero attached hydrogens (tertiary/aromatic N) is 1. The highest BCUT2D eigenvalue weighted by Gasteiger charge is 2.20. The molecule has 1 nitrogen and oxygen atoms in total. The van der Waals surface area contributed by atoms with E-state index in [2.05, 4.69) is 217 Å². The van der Waals surface area contributed by atoms with Gasteiger partial charge in [-0.1, -0.05) is 164 Å². The summed E-state index contributed by atoms with van der Waals surface area (Å²) in [4.78, 5) is 2.44. The maximum absolute atomic E-state index is 2.44. The average Bonchev–Trinajstić information content (AvgIpc) is 3.66. The van der Waals surface area contributed by atoms with Crippen LogP contribution in [0, 0.1) is 0 Å². The SMILES string of the molecule is c1cc(-c2cccc3ccccc23)cc(N(c2ccc(-c3cccc4sc5ccccc5c34)cc2)c2ccccc2-c2cc3ccccc3c3ccccc23)c1. The third-order valence-corrected chi connectivity index (χ3v) is 12.4. The maximum Gasteiger partial charge on any atom is 0.0540 e. The lowest BCUT2D eigenvalue weighted by atomic mass is 9.92. The fourth-order valence-corrected chi connectivity index (χ4v) is 9.83. The van der Waals surface area contributed by atoms with Gasteiger partial charge in [-0.3, -0.25) is 0 Å². The second-order valence-electron chi connectivity index (χ2n) is 14.4. The zero-order valence-corrected chi connectivity index (χ0v) is 31.4. The van der Waals surface area contributed by atoms with Crippen LogP contribution in [0.3, 0.4) is 0 Å². The molecule has 11 rings (SSSR count). The fraction of sp³-hybridized carbons (Fsp3) is 0. The van der Waals surface area contributed by atoms with E-state index in [0.29, 0.717) is 0 Å². The number of anilines is 3. The van der Waals surface area contributed by atoms with E-state index in [9.17, 15) is 0 Å². The molecule has 0 atom stereocenters. The van der Waals surface area contributed by atoms with Gasteiger partial charge in [0.05, 0.1) is 5.69 Å². The number of hydrogen-bond acceptors (Lipinski definition) is 2. The van der Waals surface area contributed by atoms with Crippen molar-refractivity contribution in [2.75, 3.05) is 4.90 Å². The van der Waals surface area contributed by atoms with Crippen LogP contribution in [-0.4, -0.2) is 0 Å². The van der Waals surface area contributed by atoms with Crippen molar-refractivity contribution >= 4 is 80.9 Å². The predicted octanol–water partition coefficient (Wildman–Crippen LogP) is 16.0. The number of hydrogen-bond donors (Lipinski definition) is 0. The van der Waals surface area contributed by atoms with Gasteiger partial charge in [0, 0.05) is 37.1 Å². The van der Waals surface area contributed by atoms with Crippen LogP contribution in [0.2, 0.25) is 0 Å². The summed E-state index contributed by atoms with van der Waals surface area (Å²) >= 11 is 1.87. The fourth-order valence-electron chi connectivity index (χ4n) is 8.70. The van der Waals surface area contributed by atoms with E-state index in [-0.39, 0.29) is 0 Å². The van der Waals surface area contributed by atoms with Gasteiger partial charge in [0.2, 0.25) is 0 Å². The Hall–Kier alpha value is -7.00. The summed E-state index contributed by atoms with van der Waals surface area (Å²) in [7, 11) is 0. The minimum absolute atomic E-state index is 1.10. The number of fused-ring (bicyclic) bond motifs is 7. The van der Waals surface area contributed by atoms with Crippen molar-refractivity contribution in [2.24, 2.45) is 0 Å². The Morgan fingerprint density at radius 3 is 1.79 bits per heavy atom. The highest BCUT2D eigenvalue weighted by Crippen LogP contribution is 2.46. The summed E-state index contributed by atoms with van der Waals surface area (Å²) in [5.41, 5.74) is 10.6. The largest absolute Gasteiger partial charge is 0.310 e. The van der Waals surface area contributed by atoms with Crippen LogP contribution < -0.4 is 4.90 Å². The van der Waals surface area contributed by atoms with Gasteiger partial charge in [-0.2, -0.15) is 0 Å². The molecular weight excluding hydrogens is 695 g/mol. The molecule has 56 heavy (non-hydrogen) atoms. The second-order valence-corrected chi connectivity index (χ2v) is 15.5. The first-order valence-electron chi connectivity index (χ1n) is 19.2. The number of para-hydroxylation sites is 1. The maximum atomic E-state index is 2.44. The molecule has 0 N–H and O–H groups in total. The Kier molecular flexibility index (Phi) is 7.75. The van der Waals surface area contributed by atoms with Crippen molar-refractivity contribution < 1.29 is 0 Å². The van der Waals surface area contributed by atoms with Crippen LogP contribution in [0.5, 0.6) is 0 Å². The molecule has 0 radical (unpaired) electrons. The first-order valence-corrected chi connectivity index (χ1v) is 20.0. The highest BCUT2D eigenvalue weighted by atomic mass is 32.1. The summed E-state index contributed by atoms with van der Waals surface area (Å²) in [5.74, 6) is 0. The molecule has 2 heteroatoms. The molecule has 0 fully saturated rings. The molecule has 0 aliphatic carbocycles. The molecule has 11 aromatic rings. The van der Waals surface area contributed by atoms with Gasteiger partial charge in [-0.25, -0.2) is 0 Å². The van der Waals surface area contributed by atoms with Gasteiger partial charge in [0.15, 0.2) is 0 Å². The quantitative estimate of drug-likeness (QED) is 0.154. The van der Waals surface area contributed by atoms with Crippen LogP contribution in [-0.2, 0) is 0 Å². The van der Waals surface area contributed by atoms with Gasteiger partial charge in [-0.15, -0.1) is 11.3 Å². The van der Waals surface area contributed by atoms with E-state index >= 15 is 0 Å². The van der Waals surface area contributed by atoms with Crippen LogP contribution in [0.25, 0.3) is 85.9 Å². The van der Waals surface area contributed by atoms with Gasteiger partial charge >= 0.3 is 0 Å². The Morgan fingerprint density at radius 2 is 0.911 bits per heavy atom. The Balaban J connectivity index is 1.12. The topological polar surface area (TPSA) is 3.24 Å². The molecule has 10 aromatic carbocycles. The van der Waals surface area contributed by atoms with Gasteiger partial charge in [0.1, 0.15) is 0 Å². The molecule has 0 aliphatic rings. The third kappa shape index (κ3) is 5.38. The summed E-state index contributed by atoms with van der Waals surface area (Å²) < 4.78 is 2.64. The lowest BCUT2D eigenvalue weighted by Crippen LogP contribution is -2.11. The average molecular weight is 730 g/mol. The molecule has 1 aromatic heterocycles. The molecule has 0 spiro atoms. The van der Waals surface area contributed by atoms with E-state index in [0.717, 1.165) is 17.1 Å². The van der Waals surface area contributed by atoms with E-state index in [1.165, 1.54) is 85.9 Å². The monoisotopic (exact) mass is 729 g/mol. The lowest BCUT2D eigenvalue weighted by molar-refractivity contribution is 1.28. The summed E-state index contributed by atoms with van der Waals surface area (Å²) in [6.45, 7) is 0. The van der Waals surface area contributed by atoms with E-state index < -0.39 is 0 Å². The highest BCUT2D eigenvalue weighted by molar-refractivity contribution is 7.25. The Morgan fingerprint density at radius 1 is 0.304 bits per heavy atom. The minimum Gasteiger partial charge on any atom is -0.310 e. The van der Waals surface area contributed by atoms with Crippen molar-refractivity contribution in [3.05, 3.63) is 212 Å². The normalized spacial score (nSPS) is 11.6. The van der Waals surface area contributed by atoms with Crippen LogP contribution in [0.4, 0.5) is 17.1 Å². The molecule has 0 bridgehead atoms. The first-order chi connectivity index (χ1) is 27.8. The van der Waals surface area contributed by atoms with Gasteiger partial charge in [-0.05, 0) is 109 Å². The molecule has 0 saturated heterocycles. The van der Waals surface area contributed by atoms with Crippen LogP contribution in [0.15, 0.2) is 212 Å². The Labute approximate surface area is 330 Å². The minimum atomic E-state index is 1.10. The first kappa shape index (κ1) is 32.4. The number of benzene rings is 10. The zero-order chi connectivity index (χ0) is 37.0. The van der Waals surface area contributed by atoms with Crippen molar-refractivity contribution in [1.82, 2.24) is 0 Å². The van der Waals surface area contributed by atoms with Gasteiger partial charge in [0.25, 0.3) is 0 Å². The molecule has 0 amide bonds. The van der Waals surface area contributed by atoms with Crippen molar-refractivity contribution in [3.8, 4) is 33.4 Å². The number of rotatable bonds is 6. The van der Waals surface area contributed by atoms with E-state index in [4.69, 9.17) is 0 Å². The zero-order valence-electron chi connectivity index (χ0n) is 30.6. The molecule has 0 unspecified atom stereocenters.